The van der Waals surface area contributed by atoms with E-state index in [4.69, 9.17) is 11.6 Å². The number of alkyl halides is 3. The average molecular weight is 393 g/mol. The summed E-state index contributed by atoms with van der Waals surface area (Å²) in [6.07, 6.45) is -3.62. The number of hydrogen-bond acceptors (Lipinski definition) is 3. The van der Waals surface area contributed by atoms with Crippen LogP contribution in [-0.4, -0.2) is 69.2 Å². The number of nitrogens with zero attached hydrogens (tertiary/aromatic N) is 3. The topological polar surface area (TPSA) is 38.8 Å². The number of halogens is 4. The minimum atomic E-state index is -4.48. The van der Waals surface area contributed by atoms with Crippen molar-refractivity contribution in [1.82, 2.24) is 15.1 Å². The molecule has 146 valence electrons. The Morgan fingerprint density at radius 3 is 2.46 bits per heavy atom. The third-order valence-electron chi connectivity index (χ3n) is 4.25. The molecule has 0 atom stereocenters. The number of rotatable bonds is 5. The van der Waals surface area contributed by atoms with E-state index in [1.807, 2.05) is 23.9 Å². The maximum absolute atomic E-state index is 13.0. The molecule has 0 bridgehead atoms. The van der Waals surface area contributed by atoms with Gasteiger partial charge in [0.25, 0.3) is 0 Å². The van der Waals surface area contributed by atoms with Crippen molar-refractivity contribution in [2.24, 2.45) is 0 Å². The van der Waals surface area contributed by atoms with Crippen LogP contribution >= 0.6 is 11.6 Å². The lowest BCUT2D eigenvalue weighted by molar-refractivity contribution is -0.137. The summed E-state index contributed by atoms with van der Waals surface area (Å²) in [5.41, 5.74) is -0.370. The standard InChI is InChI=1S/C17H24ClF3N4O/c1-23(2)7-3-6-22-16(26)25-10-8-24(9-11-25)13-4-5-15(18)14(12-13)17(19,20)21/h4-5,12H,3,6-11H2,1-2H3,(H,22,26). The van der Waals surface area contributed by atoms with Crippen LogP contribution in [0.5, 0.6) is 0 Å². The number of carbonyl (C=O) groups excluding carboxylic acids is 1. The van der Waals surface area contributed by atoms with Crippen LogP contribution in [0.2, 0.25) is 5.02 Å². The molecule has 0 radical (unpaired) electrons. The molecule has 0 aliphatic carbocycles. The SMILES string of the molecule is CN(C)CCCNC(=O)N1CCN(c2ccc(Cl)c(C(F)(F)F)c2)CC1. The predicted molar refractivity (Wildman–Crippen MR) is 96.8 cm³/mol. The molecule has 1 fully saturated rings. The van der Waals surface area contributed by atoms with Crippen LogP contribution in [0.1, 0.15) is 12.0 Å². The summed E-state index contributed by atoms with van der Waals surface area (Å²) in [6.45, 7) is 3.37. The molecular formula is C17H24ClF3N4O. The Bertz CT molecular complexity index is 617. The van der Waals surface area contributed by atoms with Gasteiger partial charge in [-0.1, -0.05) is 11.6 Å². The summed E-state index contributed by atoms with van der Waals surface area (Å²) in [5.74, 6) is 0. The van der Waals surface area contributed by atoms with E-state index in [0.717, 1.165) is 19.0 Å². The fourth-order valence-corrected chi connectivity index (χ4v) is 3.02. The molecular weight excluding hydrogens is 369 g/mol. The molecule has 9 heteroatoms. The van der Waals surface area contributed by atoms with Gasteiger partial charge in [0.1, 0.15) is 0 Å². The smallest absolute Gasteiger partial charge is 0.368 e. The number of piperazine rings is 1. The molecule has 26 heavy (non-hydrogen) atoms. The van der Waals surface area contributed by atoms with Crippen molar-refractivity contribution < 1.29 is 18.0 Å². The van der Waals surface area contributed by atoms with E-state index in [-0.39, 0.29) is 11.1 Å². The largest absolute Gasteiger partial charge is 0.417 e. The minimum absolute atomic E-state index is 0.129. The van der Waals surface area contributed by atoms with Gasteiger partial charge in [0.15, 0.2) is 0 Å². The molecule has 0 saturated carbocycles. The second-order valence-electron chi connectivity index (χ2n) is 6.52. The zero-order valence-electron chi connectivity index (χ0n) is 14.9. The lowest BCUT2D eigenvalue weighted by Gasteiger charge is -2.36. The van der Waals surface area contributed by atoms with Crippen molar-refractivity contribution in [3.05, 3.63) is 28.8 Å². The highest BCUT2D eigenvalue weighted by molar-refractivity contribution is 6.31. The lowest BCUT2D eigenvalue weighted by atomic mass is 10.1. The van der Waals surface area contributed by atoms with E-state index in [2.05, 4.69) is 5.32 Å². The van der Waals surface area contributed by atoms with E-state index in [1.165, 1.54) is 6.07 Å². The van der Waals surface area contributed by atoms with Crippen LogP contribution in [0, 0.1) is 0 Å². The number of urea groups is 1. The summed E-state index contributed by atoms with van der Waals surface area (Å²) in [6, 6.07) is 3.78. The molecule has 1 saturated heterocycles. The Balaban J connectivity index is 1.87. The molecule has 5 nitrogen and oxygen atoms in total. The van der Waals surface area contributed by atoms with Crippen molar-refractivity contribution in [1.29, 1.82) is 0 Å². The van der Waals surface area contributed by atoms with Crippen LogP contribution in [0.4, 0.5) is 23.7 Å². The normalized spacial score (nSPS) is 15.5. The van der Waals surface area contributed by atoms with E-state index >= 15 is 0 Å². The van der Waals surface area contributed by atoms with Crippen molar-refractivity contribution >= 4 is 23.3 Å². The highest BCUT2D eigenvalue weighted by Crippen LogP contribution is 2.37. The number of anilines is 1. The number of carbonyl (C=O) groups is 1. The van der Waals surface area contributed by atoms with Crippen LogP contribution < -0.4 is 10.2 Å². The maximum atomic E-state index is 13.0. The van der Waals surface area contributed by atoms with Gasteiger partial charge in [-0.3, -0.25) is 0 Å². The second-order valence-corrected chi connectivity index (χ2v) is 6.93. The summed E-state index contributed by atoms with van der Waals surface area (Å²) >= 11 is 5.66. The predicted octanol–water partition coefficient (Wildman–Crippen LogP) is 3.14. The van der Waals surface area contributed by atoms with Gasteiger partial charge in [0.2, 0.25) is 0 Å². The maximum Gasteiger partial charge on any atom is 0.417 e. The summed E-state index contributed by atoms with van der Waals surface area (Å²) in [4.78, 5) is 17.7. The summed E-state index contributed by atoms with van der Waals surface area (Å²) in [7, 11) is 3.95. The molecule has 1 aromatic carbocycles. The number of nitrogens with one attached hydrogen (secondary N) is 1. The van der Waals surface area contributed by atoms with Crippen molar-refractivity contribution in [3.8, 4) is 0 Å². The van der Waals surface area contributed by atoms with E-state index in [1.54, 1.807) is 11.0 Å². The fraction of sp³-hybridized carbons (Fsp3) is 0.588. The number of amides is 2. The fourth-order valence-electron chi connectivity index (χ4n) is 2.80. The van der Waals surface area contributed by atoms with Crippen molar-refractivity contribution in [3.63, 3.8) is 0 Å². The highest BCUT2D eigenvalue weighted by atomic mass is 35.5. The van der Waals surface area contributed by atoms with Gasteiger partial charge in [-0.05, 0) is 45.3 Å². The molecule has 1 N–H and O–H groups in total. The third-order valence-corrected chi connectivity index (χ3v) is 4.58. The monoisotopic (exact) mass is 392 g/mol. The van der Waals surface area contributed by atoms with Gasteiger partial charge < -0.3 is 20.0 Å². The average Bonchev–Trinajstić information content (AvgIpc) is 2.58. The second kappa shape index (κ2) is 8.81. The first-order chi connectivity index (χ1) is 12.2. The van der Waals surface area contributed by atoms with Gasteiger partial charge >= 0.3 is 12.2 Å². The Kier molecular flexibility index (Phi) is 7.00. The van der Waals surface area contributed by atoms with Gasteiger partial charge in [-0.2, -0.15) is 13.2 Å². The molecule has 0 aromatic heterocycles. The Hall–Kier alpha value is -1.67. The quantitative estimate of drug-likeness (QED) is 0.782. The Labute approximate surface area is 156 Å². The summed E-state index contributed by atoms with van der Waals surface area (Å²) < 4.78 is 39.0. The molecule has 0 spiro atoms. The van der Waals surface area contributed by atoms with E-state index in [0.29, 0.717) is 38.4 Å². The van der Waals surface area contributed by atoms with Crippen molar-refractivity contribution in [2.75, 3.05) is 58.3 Å². The first kappa shape index (κ1) is 20.6. The molecule has 1 aromatic rings. The van der Waals surface area contributed by atoms with Crippen molar-refractivity contribution in [2.45, 2.75) is 12.6 Å². The first-order valence-corrected chi connectivity index (χ1v) is 8.85. The van der Waals surface area contributed by atoms with E-state index in [9.17, 15) is 18.0 Å². The van der Waals surface area contributed by atoms with Gasteiger partial charge in [0, 0.05) is 38.4 Å². The summed E-state index contributed by atoms with van der Waals surface area (Å²) in [5, 5.41) is 2.57. The lowest BCUT2D eigenvalue weighted by Crippen LogP contribution is -2.52. The van der Waals surface area contributed by atoms with Gasteiger partial charge in [-0.15, -0.1) is 0 Å². The van der Waals surface area contributed by atoms with Gasteiger partial charge in [0.05, 0.1) is 10.6 Å². The molecule has 1 heterocycles. The Morgan fingerprint density at radius 1 is 1.23 bits per heavy atom. The minimum Gasteiger partial charge on any atom is -0.368 e. The zero-order chi connectivity index (χ0) is 19.3. The molecule has 1 aliphatic heterocycles. The molecule has 2 rings (SSSR count). The number of benzene rings is 1. The molecule has 1 aliphatic rings. The Morgan fingerprint density at radius 2 is 1.88 bits per heavy atom. The first-order valence-electron chi connectivity index (χ1n) is 8.47. The van der Waals surface area contributed by atoms with Crippen LogP contribution in [0.25, 0.3) is 0 Å². The highest BCUT2D eigenvalue weighted by Gasteiger charge is 2.34. The van der Waals surface area contributed by atoms with Gasteiger partial charge in [-0.25, -0.2) is 4.79 Å². The zero-order valence-corrected chi connectivity index (χ0v) is 15.7. The molecule has 2 amide bonds. The number of hydrogen-bond donors (Lipinski definition) is 1. The van der Waals surface area contributed by atoms with E-state index < -0.39 is 11.7 Å². The molecule has 0 unspecified atom stereocenters. The third kappa shape index (κ3) is 5.67. The van der Waals surface area contributed by atoms with Crippen LogP contribution in [0.15, 0.2) is 18.2 Å². The van der Waals surface area contributed by atoms with Crippen LogP contribution in [0.3, 0.4) is 0 Å². The van der Waals surface area contributed by atoms with Crippen LogP contribution in [-0.2, 0) is 6.18 Å².